The zero-order valence-electron chi connectivity index (χ0n) is 21.4. The number of ether oxygens (including phenoxy) is 1. The molecule has 0 amide bonds. The Morgan fingerprint density at radius 3 is 2.49 bits per heavy atom. The molecule has 3 heterocycles. The van der Waals surface area contributed by atoms with Gasteiger partial charge in [0.15, 0.2) is 17.5 Å². The van der Waals surface area contributed by atoms with Crippen molar-refractivity contribution in [2.45, 2.75) is 58.5 Å². The summed E-state index contributed by atoms with van der Waals surface area (Å²) >= 11 is 0. The smallest absolute Gasteiger partial charge is 0.229 e. The molecule has 1 saturated heterocycles. The van der Waals surface area contributed by atoms with Gasteiger partial charge < -0.3 is 15.4 Å². The number of piperidine rings is 1. The lowest BCUT2D eigenvalue weighted by Gasteiger charge is -2.53. The molecular weight excluding hydrogens is 449 g/mol. The minimum Gasteiger partial charge on any atom is -0.497 e. The Labute approximate surface area is 205 Å². The van der Waals surface area contributed by atoms with Gasteiger partial charge in [-0.2, -0.15) is 9.67 Å². The lowest BCUT2D eigenvalue weighted by molar-refractivity contribution is -0.0268. The van der Waals surface area contributed by atoms with Crippen LogP contribution in [0.1, 0.15) is 46.4 Å². The van der Waals surface area contributed by atoms with Crippen LogP contribution in [0, 0.1) is 18.7 Å². The van der Waals surface area contributed by atoms with E-state index in [9.17, 15) is 4.39 Å². The number of hydrogen-bond acceptors (Lipinski definition) is 9. The van der Waals surface area contributed by atoms with Gasteiger partial charge in [0.2, 0.25) is 5.95 Å². The quantitative estimate of drug-likeness (QED) is 0.516. The van der Waals surface area contributed by atoms with Crippen molar-refractivity contribution in [3.63, 3.8) is 0 Å². The highest BCUT2D eigenvalue weighted by atomic mass is 19.1. The van der Waals surface area contributed by atoms with E-state index in [0.29, 0.717) is 35.4 Å². The molecule has 1 fully saturated rings. The monoisotopic (exact) mass is 483 g/mol. The highest BCUT2D eigenvalue weighted by molar-refractivity contribution is 5.61. The summed E-state index contributed by atoms with van der Waals surface area (Å²) < 4.78 is 21.6. The van der Waals surface area contributed by atoms with Gasteiger partial charge in [0.05, 0.1) is 19.0 Å². The zero-order valence-corrected chi connectivity index (χ0v) is 21.4. The van der Waals surface area contributed by atoms with Gasteiger partial charge in [-0.15, -0.1) is 5.10 Å². The summed E-state index contributed by atoms with van der Waals surface area (Å²) in [6.45, 7) is 11.5. The van der Waals surface area contributed by atoms with Crippen molar-refractivity contribution in [1.29, 1.82) is 0 Å². The predicted octanol–water partition coefficient (Wildman–Crippen LogP) is 3.96. The minimum absolute atomic E-state index is 0.0626. The van der Waals surface area contributed by atoms with Crippen LogP contribution in [0.5, 0.6) is 5.75 Å². The van der Waals surface area contributed by atoms with E-state index in [-0.39, 0.29) is 22.8 Å². The molecular formula is C24H34FN9O. The standard InChI is InChI=1S/C24H34FN9O/c1-15-30-31-32-34(15)18-8-17(9-19(10-18)35-7)28-22-27-14-20(25)21(29-22)26-13-16-11-23(2,3)33(6)24(4,5)12-16/h8-10,14,16H,11-13H2,1-7H3,(H2,26,27,28,29). The maximum absolute atomic E-state index is 14.6. The van der Waals surface area contributed by atoms with E-state index in [4.69, 9.17) is 4.74 Å². The Morgan fingerprint density at radius 1 is 1.14 bits per heavy atom. The first-order valence-electron chi connectivity index (χ1n) is 11.7. The van der Waals surface area contributed by atoms with Gasteiger partial charge in [0, 0.05) is 35.4 Å². The molecule has 2 N–H and O–H groups in total. The third-order valence-corrected chi connectivity index (χ3v) is 6.95. The Bertz CT molecular complexity index is 1180. The molecule has 1 aromatic carbocycles. The summed E-state index contributed by atoms with van der Waals surface area (Å²) in [5.74, 6) is 1.59. The van der Waals surface area contributed by atoms with E-state index in [1.165, 1.54) is 6.20 Å². The molecule has 0 atom stereocenters. The van der Waals surface area contributed by atoms with Gasteiger partial charge in [0.25, 0.3) is 0 Å². The number of nitrogens with one attached hydrogen (secondary N) is 2. The number of hydrogen-bond donors (Lipinski definition) is 2. The van der Waals surface area contributed by atoms with Crippen molar-refractivity contribution in [1.82, 2.24) is 35.1 Å². The van der Waals surface area contributed by atoms with E-state index < -0.39 is 5.82 Å². The third-order valence-electron chi connectivity index (χ3n) is 6.95. The fourth-order valence-corrected chi connectivity index (χ4v) is 5.01. The average Bonchev–Trinajstić information content (AvgIpc) is 3.23. The van der Waals surface area contributed by atoms with E-state index in [0.717, 1.165) is 12.8 Å². The third kappa shape index (κ3) is 5.34. The summed E-state index contributed by atoms with van der Waals surface area (Å²) in [5, 5.41) is 18.0. The summed E-state index contributed by atoms with van der Waals surface area (Å²) in [4.78, 5) is 11.0. The molecule has 0 unspecified atom stereocenters. The molecule has 3 aromatic rings. The second-order valence-electron chi connectivity index (χ2n) is 10.4. The lowest BCUT2D eigenvalue weighted by atomic mass is 9.74. The van der Waals surface area contributed by atoms with Crippen molar-refractivity contribution in [2.24, 2.45) is 5.92 Å². The topological polar surface area (TPSA) is 106 Å². The SMILES string of the molecule is COc1cc(Nc2ncc(F)c(NCC3CC(C)(C)N(C)C(C)(C)C3)n2)cc(-n2nnnc2C)c1. The maximum Gasteiger partial charge on any atom is 0.229 e. The summed E-state index contributed by atoms with van der Waals surface area (Å²) in [7, 11) is 3.76. The van der Waals surface area contributed by atoms with Gasteiger partial charge in [-0.05, 0) is 76.9 Å². The van der Waals surface area contributed by atoms with E-state index in [1.54, 1.807) is 24.8 Å². The molecule has 0 radical (unpaired) electrons. The number of aryl methyl sites for hydroxylation is 1. The molecule has 188 valence electrons. The fourth-order valence-electron chi connectivity index (χ4n) is 5.01. The normalized spacial score (nSPS) is 17.8. The Kier molecular flexibility index (Phi) is 6.63. The lowest BCUT2D eigenvalue weighted by Crippen LogP contribution is -2.59. The number of halogens is 1. The zero-order chi connectivity index (χ0) is 25.4. The average molecular weight is 484 g/mol. The van der Waals surface area contributed by atoms with Crippen LogP contribution in [0.2, 0.25) is 0 Å². The first-order valence-corrected chi connectivity index (χ1v) is 11.7. The largest absolute Gasteiger partial charge is 0.497 e. The molecule has 10 nitrogen and oxygen atoms in total. The molecule has 11 heteroatoms. The number of benzene rings is 1. The van der Waals surface area contributed by atoms with E-state index >= 15 is 0 Å². The minimum atomic E-state index is -0.488. The highest BCUT2D eigenvalue weighted by Gasteiger charge is 2.42. The van der Waals surface area contributed by atoms with Crippen LogP contribution in [0.15, 0.2) is 24.4 Å². The molecule has 0 saturated carbocycles. The van der Waals surface area contributed by atoms with Crippen LogP contribution < -0.4 is 15.4 Å². The number of tetrazole rings is 1. The first-order chi connectivity index (χ1) is 16.5. The molecule has 2 aromatic heterocycles. The van der Waals surface area contributed by atoms with Gasteiger partial charge in [-0.1, -0.05) is 0 Å². The van der Waals surface area contributed by atoms with Crippen molar-refractivity contribution < 1.29 is 9.13 Å². The van der Waals surface area contributed by atoms with Gasteiger partial charge in [-0.25, -0.2) is 9.37 Å². The second-order valence-corrected chi connectivity index (χ2v) is 10.4. The Balaban J connectivity index is 1.51. The molecule has 4 rings (SSSR count). The first kappa shape index (κ1) is 24.8. The molecule has 0 spiro atoms. The highest BCUT2D eigenvalue weighted by Crippen LogP contribution is 2.40. The number of methoxy groups -OCH3 is 1. The Morgan fingerprint density at radius 2 is 1.86 bits per heavy atom. The molecule has 1 aliphatic rings. The van der Waals surface area contributed by atoms with Crippen molar-refractivity contribution in [3.8, 4) is 11.4 Å². The number of aromatic nitrogens is 6. The van der Waals surface area contributed by atoms with Crippen LogP contribution in [0.3, 0.4) is 0 Å². The summed E-state index contributed by atoms with van der Waals surface area (Å²) in [6, 6.07) is 5.46. The van der Waals surface area contributed by atoms with Gasteiger partial charge in [0.1, 0.15) is 5.75 Å². The second kappa shape index (κ2) is 9.37. The van der Waals surface area contributed by atoms with E-state index in [1.807, 2.05) is 12.1 Å². The number of nitrogens with zero attached hydrogens (tertiary/aromatic N) is 7. The van der Waals surface area contributed by atoms with Crippen LogP contribution >= 0.6 is 0 Å². The Hall–Kier alpha value is -3.34. The number of anilines is 3. The van der Waals surface area contributed by atoms with Crippen molar-refractivity contribution >= 4 is 17.5 Å². The molecule has 0 aliphatic carbocycles. The summed E-state index contributed by atoms with van der Waals surface area (Å²) in [6.07, 6.45) is 3.20. The van der Waals surface area contributed by atoms with Gasteiger partial charge in [-0.3, -0.25) is 4.90 Å². The van der Waals surface area contributed by atoms with Crippen molar-refractivity contribution in [2.75, 3.05) is 31.3 Å². The predicted molar refractivity (Wildman–Crippen MR) is 133 cm³/mol. The van der Waals surface area contributed by atoms with Crippen LogP contribution in [0.4, 0.5) is 21.8 Å². The van der Waals surface area contributed by atoms with Crippen LogP contribution in [0.25, 0.3) is 5.69 Å². The number of rotatable bonds is 7. The molecule has 1 aliphatic heterocycles. The maximum atomic E-state index is 14.6. The molecule has 0 bridgehead atoms. The van der Waals surface area contributed by atoms with Crippen LogP contribution in [-0.2, 0) is 0 Å². The van der Waals surface area contributed by atoms with Crippen LogP contribution in [-0.4, -0.2) is 66.9 Å². The molecule has 35 heavy (non-hydrogen) atoms. The summed E-state index contributed by atoms with van der Waals surface area (Å²) in [5.41, 5.74) is 1.49. The fraction of sp³-hybridized carbons (Fsp3) is 0.542. The van der Waals surface area contributed by atoms with Crippen molar-refractivity contribution in [3.05, 3.63) is 36.0 Å². The van der Waals surface area contributed by atoms with Gasteiger partial charge >= 0.3 is 0 Å². The number of likely N-dealkylation sites (tertiary alicyclic amines) is 1. The van der Waals surface area contributed by atoms with E-state index in [2.05, 4.69) is 75.8 Å².